The van der Waals surface area contributed by atoms with Gasteiger partial charge in [-0.05, 0) is 31.0 Å². The zero-order chi connectivity index (χ0) is 21.3. The van der Waals surface area contributed by atoms with E-state index in [4.69, 9.17) is 5.14 Å². The maximum absolute atomic E-state index is 12.5. The van der Waals surface area contributed by atoms with Gasteiger partial charge in [0.15, 0.2) is 5.65 Å². The van der Waals surface area contributed by atoms with Gasteiger partial charge in [-0.25, -0.2) is 23.5 Å². The predicted molar refractivity (Wildman–Crippen MR) is 107 cm³/mol. The van der Waals surface area contributed by atoms with Gasteiger partial charge in [-0.15, -0.1) is 10.2 Å². The molecule has 150 valence electrons. The molecule has 0 fully saturated rings. The first-order valence-corrected chi connectivity index (χ1v) is 10.1. The number of nitrogens with two attached hydrogens (primary N) is 1. The molecule has 3 aromatic heterocycles. The standard InChI is InChI=1S/C18H14N8O3S/c1-11-20-10-15(22-11)23-18(27)13-8-12(14(9-21-13)30(19,28)29)5-6-17-25-24-16-4-2-3-7-26(16)17/h2-4,7-9H,10H2,1H3,(H2,19,28,29)(H,20,22,23,27). The number of nitrogens with one attached hydrogen (secondary N) is 1. The van der Waals surface area contributed by atoms with Crippen LogP contribution in [0.4, 0.5) is 0 Å². The van der Waals surface area contributed by atoms with Crippen molar-refractivity contribution in [3.63, 3.8) is 0 Å². The normalized spacial score (nSPS) is 13.4. The largest absolute Gasteiger partial charge is 0.307 e. The third kappa shape index (κ3) is 3.93. The van der Waals surface area contributed by atoms with Gasteiger partial charge in [0.2, 0.25) is 15.8 Å². The number of hydrogen-bond acceptors (Lipinski definition) is 8. The number of amides is 1. The molecule has 4 heterocycles. The minimum atomic E-state index is -4.12. The molecule has 3 N–H and O–H groups in total. The first-order chi connectivity index (χ1) is 14.3. The van der Waals surface area contributed by atoms with E-state index in [1.165, 1.54) is 6.07 Å². The number of nitrogens with zero attached hydrogens (tertiary/aromatic N) is 6. The first kappa shape index (κ1) is 19.4. The summed E-state index contributed by atoms with van der Waals surface area (Å²) in [6.45, 7) is 1.96. The van der Waals surface area contributed by atoms with Gasteiger partial charge in [0.1, 0.15) is 22.3 Å². The van der Waals surface area contributed by atoms with Crippen LogP contribution in [0.5, 0.6) is 0 Å². The molecule has 11 nitrogen and oxygen atoms in total. The summed E-state index contributed by atoms with van der Waals surface area (Å²) >= 11 is 0. The number of amidine groups is 2. The second kappa shape index (κ2) is 7.47. The topological polar surface area (TPSA) is 157 Å². The molecule has 4 rings (SSSR count). The van der Waals surface area contributed by atoms with Crippen molar-refractivity contribution in [2.24, 2.45) is 15.1 Å². The van der Waals surface area contributed by atoms with E-state index in [0.717, 1.165) is 6.20 Å². The summed E-state index contributed by atoms with van der Waals surface area (Å²) in [7, 11) is -4.12. The molecule has 1 aliphatic heterocycles. The molecule has 1 aliphatic rings. The highest BCUT2D eigenvalue weighted by Gasteiger charge is 2.19. The van der Waals surface area contributed by atoms with Gasteiger partial charge in [0, 0.05) is 18.0 Å². The fraction of sp³-hybridized carbons (Fsp3) is 0.111. The summed E-state index contributed by atoms with van der Waals surface area (Å²) < 4.78 is 25.5. The smallest absolute Gasteiger partial charge is 0.275 e. The van der Waals surface area contributed by atoms with E-state index < -0.39 is 15.9 Å². The number of pyridine rings is 2. The van der Waals surface area contributed by atoms with E-state index >= 15 is 0 Å². The minimum absolute atomic E-state index is 0.00567. The van der Waals surface area contributed by atoms with Crippen molar-refractivity contribution in [2.75, 3.05) is 6.54 Å². The number of primary sulfonamides is 1. The van der Waals surface area contributed by atoms with Crippen LogP contribution in [-0.2, 0) is 10.0 Å². The molecule has 0 saturated heterocycles. The molecule has 0 radical (unpaired) electrons. The Morgan fingerprint density at radius 1 is 1.27 bits per heavy atom. The summed E-state index contributed by atoms with van der Waals surface area (Å²) in [6, 6.07) is 6.58. The number of aliphatic imine (C=N–C) groups is 2. The van der Waals surface area contributed by atoms with Crippen molar-refractivity contribution in [1.82, 2.24) is 24.9 Å². The molecule has 0 unspecified atom stereocenters. The number of carbonyl (C=O) groups is 1. The molecule has 1 amide bonds. The Kier molecular flexibility index (Phi) is 4.82. The van der Waals surface area contributed by atoms with Crippen LogP contribution in [-0.4, -0.2) is 52.1 Å². The fourth-order valence-electron chi connectivity index (χ4n) is 2.66. The van der Waals surface area contributed by atoms with Crippen LogP contribution < -0.4 is 10.5 Å². The third-order valence-corrected chi connectivity index (χ3v) is 4.98. The second-order valence-electron chi connectivity index (χ2n) is 6.19. The van der Waals surface area contributed by atoms with Crippen LogP contribution in [0.2, 0.25) is 0 Å². The maximum atomic E-state index is 12.5. The van der Waals surface area contributed by atoms with Crippen LogP contribution in [0.25, 0.3) is 5.65 Å². The Labute approximate surface area is 170 Å². The van der Waals surface area contributed by atoms with Crippen molar-refractivity contribution in [1.29, 1.82) is 0 Å². The number of carbonyl (C=O) groups excluding carboxylic acids is 1. The highest BCUT2D eigenvalue weighted by atomic mass is 32.2. The van der Waals surface area contributed by atoms with Crippen molar-refractivity contribution >= 4 is 33.2 Å². The van der Waals surface area contributed by atoms with E-state index in [0.29, 0.717) is 23.1 Å². The lowest BCUT2D eigenvalue weighted by atomic mass is 10.2. The number of fused-ring (bicyclic) bond motifs is 1. The summed E-state index contributed by atoms with van der Waals surface area (Å²) in [6.07, 6.45) is 2.71. The lowest BCUT2D eigenvalue weighted by Gasteiger charge is -2.06. The van der Waals surface area contributed by atoms with Crippen LogP contribution in [0.1, 0.15) is 28.8 Å². The van der Waals surface area contributed by atoms with Gasteiger partial charge in [0.05, 0.1) is 6.54 Å². The SMILES string of the molecule is CC1=NCC(NC(=O)c2cc(C#Cc3nnc4ccccn34)c(S(N)(=O)=O)cn2)=N1. The quantitative estimate of drug-likeness (QED) is 0.541. The fourth-order valence-corrected chi connectivity index (χ4v) is 3.28. The van der Waals surface area contributed by atoms with E-state index in [9.17, 15) is 13.2 Å². The Morgan fingerprint density at radius 2 is 2.10 bits per heavy atom. The molecule has 0 bridgehead atoms. The van der Waals surface area contributed by atoms with Crippen molar-refractivity contribution in [3.05, 3.63) is 53.7 Å². The van der Waals surface area contributed by atoms with Crippen LogP contribution in [0.15, 0.2) is 51.5 Å². The van der Waals surface area contributed by atoms with E-state index in [1.807, 2.05) is 0 Å². The Bertz CT molecular complexity index is 1410. The number of rotatable bonds is 2. The zero-order valence-corrected chi connectivity index (χ0v) is 16.4. The predicted octanol–water partition coefficient (Wildman–Crippen LogP) is -0.268. The van der Waals surface area contributed by atoms with Gasteiger partial charge in [-0.3, -0.25) is 14.2 Å². The molecule has 0 aliphatic carbocycles. The molecule has 0 atom stereocenters. The number of hydrogen-bond donors (Lipinski definition) is 2. The van der Waals surface area contributed by atoms with E-state index in [1.54, 1.807) is 35.7 Å². The maximum Gasteiger partial charge on any atom is 0.275 e. The van der Waals surface area contributed by atoms with Crippen molar-refractivity contribution in [3.8, 4) is 11.8 Å². The average molecular weight is 422 g/mol. The molecule has 30 heavy (non-hydrogen) atoms. The summed E-state index contributed by atoms with van der Waals surface area (Å²) in [5.74, 6) is 6.11. The summed E-state index contributed by atoms with van der Waals surface area (Å²) in [5.41, 5.74) is 0.536. The Morgan fingerprint density at radius 3 is 2.83 bits per heavy atom. The zero-order valence-electron chi connectivity index (χ0n) is 15.6. The van der Waals surface area contributed by atoms with Crippen LogP contribution in [0, 0.1) is 11.8 Å². The average Bonchev–Trinajstić information content (AvgIpc) is 3.31. The van der Waals surface area contributed by atoms with Gasteiger partial charge in [-0.1, -0.05) is 12.0 Å². The van der Waals surface area contributed by atoms with Gasteiger partial charge in [-0.2, -0.15) is 0 Å². The summed E-state index contributed by atoms with van der Waals surface area (Å²) in [4.78, 5) is 24.2. The lowest BCUT2D eigenvalue weighted by molar-refractivity contribution is 0.0971. The van der Waals surface area contributed by atoms with Gasteiger partial charge in [0.25, 0.3) is 5.91 Å². The molecule has 0 aromatic carbocycles. The van der Waals surface area contributed by atoms with Crippen molar-refractivity contribution < 1.29 is 13.2 Å². The van der Waals surface area contributed by atoms with E-state index in [-0.39, 0.29) is 22.7 Å². The monoisotopic (exact) mass is 422 g/mol. The number of sulfonamides is 1. The summed E-state index contributed by atoms with van der Waals surface area (Å²) in [5, 5.41) is 15.8. The molecule has 12 heteroatoms. The molecular weight excluding hydrogens is 408 g/mol. The molecule has 3 aromatic rings. The van der Waals surface area contributed by atoms with Crippen LogP contribution >= 0.6 is 0 Å². The van der Waals surface area contributed by atoms with E-state index in [2.05, 4.69) is 42.3 Å². The Hall–Kier alpha value is -3.95. The third-order valence-electron chi connectivity index (χ3n) is 4.04. The first-order valence-electron chi connectivity index (χ1n) is 8.56. The lowest BCUT2D eigenvalue weighted by Crippen LogP contribution is -2.32. The highest BCUT2D eigenvalue weighted by Crippen LogP contribution is 2.14. The van der Waals surface area contributed by atoms with Gasteiger partial charge >= 0.3 is 0 Å². The minimum Gasteiger partial charge on any atom is -0.307 e. The van der Waals surface area contributed by atoms with Gasteiger partial charge < -0.3 is 5.32 Å². The Balaban J connectivity index is 1.71. The molecular formula is C18H14N8O3S. The molecule has 0 spiro atoms. The number of aromatic nitrogens is 4. The van der Waals surface area contributed by atoms with Crippen LogP contribution in [0.3, 0.4) is 0 Å². The van der Waals surface area contributed by atoms with Crippen molar-refractivity contribution in [2.45, 2.75) is 11.8 Å². The molecule has 0 saturated carbocycles. The second-order valence-corrected chi connectivity index (χ2v) is 7.72. The highest BCUT2D eigenvalue weighted by molar-refractivity contribution is 7.89.